The Kier molecular flexibility index (Phi) is 55.8. The van der Waals surface area contributed by atoms with Gasteiger partial charge in [0.1, 0.15) is 0 Å². The summed E-state index contributed by atoms with van der Waals surface area (Å²) < 4.78 is 21.6. The summed E-state index contributed by atoms with van der Waals surface area (Å²) in [6, 6.07) is 20.2. The minimum atomic E-state index is -0.598. The highest BCUT2D eigenvalue weighted by molar-refractivity contribution is 8.77. The van der Waals surface area contributed by atoms with E-state index in [1.807, 2.05) is 54.6 Å². The van der Waals surface area contributed by atoms with E-state index in [2.05, 4.69) is 47.7 Å². The molecule has 2 saturated heterocycles. The first-order valence-corrected chi connectivity index (χ1v) is 54.7. The second-order valence-electron chi connectivity index (χ2n) is 15.6. The van der Waals surface area contributed by atoms with Gasteiger partial charge in [0.05, 0.1) is 63.1 Å². The molecule has 0 spiro atoms. The predicted octanol–water partition coefficient (Wildman–Crippen LogP) is 4.69. The minimum absolute atomic E-state index is 0. The zero-order chi connectivity index (χ0) is 56.9. The summed E-state index contributed by atoms with van der Waals surface area (Å²) >= 11 is 18.7. The number of ether oxygens (including phenoxy) is 4. The second kappa shape index (κ2) is 55.1. The van der Waals surface area contributed by atoms with Gasteiger partial charge >= 0.3 is 0 Å². The molecule has 79 heavy (non-hydrogen) atoms. The van der Waals surface area contributed by atoms with Crippen LogP contribution in [0.5, 0.6) is 0 Å². The third-order valence-corrected chi connectivity index (χ3v) is 55.4. The average Bonchev–Trinajstić information content (AvgIpc) is 4.31. The molecule has 0 aromatic heterocycles. The van der Waals surface area contributed by atoms with E-state index in [0.717, 1.165) is 19.3 Å². The van der Waals surface area contributed by atoms with Gasteiger partial charge in [-0.05, 0) is 48.6 Å². The molecule has 10 atom stereocenters. The first-order valence-electron chi connectivity index (χ1n) is 22.7. The van der Waals surface area contributed by atoms with E-state index < -0.39 is 30.5 Å². The van der Waals surface area contributed by atoms with Crippen LogP contribution in [-0.2, 0) is 272 Å². The fraction of sp³-hybridized carbons (Fsp3) is 0.581. The average molecular weight is 1570 g/mol. The Morgan fingerprint density at radius 2 is 0.785 bits per heavy atom. The minimum Gasteiger partial charge on any atom is -0.393 e. The maximum absolute atomic E-state index is 10.2. The van der Waals surface area contributed by atoms with Crippen molar-refractivity contribution in [1.82, 2.24) is 0 Å². The van der Waals surface area contributed by atoms with Gasteiger partial charge in [0.2, 0.25) is 0 Å². The fourth-order valence-corrected chi connectivity index (χ4v) is 57.0. The van der Waals surface area contributed by atoms with E-state index in [1.54, 1.807) is 178 Å². The first kappa shape index (κ1) is 80.0. The third-order valence-electron chi connectivity index (χ3n) is 10.9. The number of aliphatic hydroxyl groups is 6. The number of rotatable bonds is 14. The van der Waals surface area contributed by atoms with Gasteiger partial charge in [-0.15, -0.1) is 13.2 Å². The number of aliphatic hydroxyl groups excluding tert-OH is 6. The molecule has 2 aliphatic carbocycles. The quantitative estimate of drug-likeness (QED) is 0.145. The molecular formula is C43H64O10S26. The summed E-state index contributed by atoms with van der Waals surface area (Å²) in [5, 5.41) is 59.4. The molecule has 2 heterocycles. The fourth-order valence-electron chi connectivity index (χ4n) is 7.60. The number of benzene rings is 2. The van der Waals surface area contributed by atoms with Crippen molar-refractivity contribution in [3.8, 4) is 0 Å². The van der Waals surface area contributed by atoms with Gasteiger partial charge in [-0.25, -0.2) is 0 Å². The molecule has 0 amide bonds. The van der Waals surface area contributed by atoms with E-state index in [4.69, 9.17) is 41.3 Å². The lowest BCUT2D eigenvalue weighted by Gasteiger charge is -2.23. The van der Waals surface area contributed by atoms with Crippen molar-refractivity contribution >= 4 is 240 Å². The molecule has 2 aromatic rings. The Hall–Kier alpha value is 2.98. The number of hydrogen-bond acceptors (Lipinski definition) is 14. The van der Waals surface area contributed by atoms with Crippen molar-refractivity contribution in [3.05, 3.63) is 109 Å². The summed E-state index contributed by atoms with van der Waals surface area (Å²) in [5.41, 5.74) is 2.46. The maximum Gasteiger partial charge on any atom is 0.158 e. The van der Waals surface area contributed by atoms with E-state index >= 15 is 0 Å². The first-order chi connectivity index (χ1) is 38.0. The van der Waals surface area contributed by atoms with Crippen LogP contribution in [0.4, 0.5) is 0 Å². The lowest BCUT2D eigenvalue weighted by Crippen LogP contribution is -2.26. The topological polar surface area (TPSA) is 158 Å². The van der Waals surface area contributed by atoms with Crippen molar-refractivity contribution in [1.29, 1.82) is 0 Å². The normalized spacial score (nSPS) is 22.3. The molecule has 0 bridgehead atoms. The van der Waals surface area contributed by atoms with E-state index in [-0.39, 0.29) is 49.8 Å². The molecule has 36 heteroatoms. The smallest absolute Gasteiger partial charge is 0.158 e. The van der Waals surface area contributed by atoms with Gasteiger partial charge in [-0.1, -0.05) is 92.4 Å². The Labute approximate surface area is 548 Å². The second-order valence-corrected chi connectivity index (χ2v) is 54.5. The highest BCUT2D eigenvalue weighted by Gasteiger charge is 2.43. The third kappa shape index (κ3) is 40.3. The molecule has 0 unspecified atom stereocenters. The molecule has 4 fully saturated rings. The van der Waals surface area contributed by atoms with E-state index in [9.17, 15) is 30.6 Å². The van der Waals surface area contributed by atoms with Crippen molar-refractivity contribution in [2.24, 2.45) is 23.7 Å². The van der Waals surface area contributed by atoms with Crippen LogP contribution in [0.2, 0.25) is 0 Å². The Balaban J connectivity index is 0.000000516. The van der Waals surface area contributed by atoms with Crippen LogP contribution in [-0.4, -0.2) is 106 Å². The number of aryl methyl sites for hydroxylation is 2. The molecule has 10 nitrogen and oxygen atoms in total. The zero-order valence-corrected chi connectivity index (χ0v) is 62.1. The SMILES string of the molecule is C.C=C[C@@H](O)CCc1ccccc1.C=C[C@@H]1[C@@H](CC2OCCO2)[C@@H](O)C[C@H]1O.O[C@H](/C=C/[C@@H]1[C@@H](CC2OCCO2)[C@@H](O)C[C@H]1O)CCc1ccccc1.S=S=S=S=S=S=S=S.S=S=S=S=S=S=S=S=S=S=S=S=S=S=S=S=S=S. The van der Waals surface area contributed by atoms with Gasteiger partial charge in [0.25, 0.3) is 0 Å². The van der Waals surface area contributed by atoms with Crippen LogP contribution in [0.1, 0.15) is 57.1 Å². The molecule has 6 N–H and O–H groups in total. The Morgan fingerprint density at radius 1 is 0.468 bits per heavy atom. The molecule has 2 aliphatic heterocycles. The van der Waals surface area contributed by atoms with Gasteiger partial charge < -0.3 is 49.6 Å². The summed E-state index contributed by atoms with van der Waals surface area (Å²) in [5.74, 6) is -0.349. The van der Waals surface area contributed by atoms with Crippen LogP contribution < -0.4 is 0 Å². The van der Waals surface area contributed by atoms with Crippen LogP contribution in [0.25, 0.3) is 0 Å². The summed E-state index contributed by atoms with van der Waals surface area (Å²) in [6.07, 6.45) is 8.39. The molecular weight excluding hydrogens is 1510 g/mol. The van der Waals surface area contributed by atoms with Crippen LogP contribution in [0.15, 0.2) is 98.1 Å². The van der Waals surface area contributed by atoms with Crippen LogP contribution in [0, 0.1) is 23.7 Å². The van der Waals surface area contributed by atoms with Crippen molar-refractivity contribution in [2.45, 2.75) is 108 Å². The van der Waals surface area contributed by atoms with Crippen molar-refractivity contribution < 1.29 is 49.6 Å². The van der Waals surface area contributed by atoms with Crippen molar-refractivity contribution in [2.75, 3.05) is 26.4 Å². The van der Waals surface area contributed by atoms with Gasteiger partial charge in [0, 0.05) is 278 Å². The van der Waals surface area contributed by atoms with Gasteiger partial charge in [0.15, 0.2) is 12.6 Å². The molecule has 6 rings (SSSR count). The maximum atomic E-state index is 10.2. The molecule has 2 saturated carbocycles. The Morgan fingerprint density at radius 3 is 1.11 bits per heavy atom. The number of hydrogen-bond donors (Lipinski definition) is 6. The predicted molar refractivity (Wildman–Crippen MR) is 397 cm³/mol. The van der Waals surface area contributed by atoms with Gasteiger partial charge in [-0.3, -0.25) is 0 Å². The molecule has 452 valence electrons. The lowest BCUT2D eigenvalue weighted by molar-refractivity contribution is -0.0697. The standard InChI is InChI=1S/C20H28O5.C11H18O4.C11H14O.CH4.S18.S8/c21-15(7-6-14-4-2-1-3-5-14)8-9-16-17(19(23)13-18(16)22)12-20-24-10-11-25-20;1-2-7-8(10(13)6-9(7)12)5-11-14-3-4-15-11;1-2-11(12)9-8-10-6-4-3-5-7-10;;1-3-5-7-9-11-13-15-17-18-16-14-12-10-8-6-4-2;1-3-5-7-8-6-4-2/h1-5,8-9,15-23H,6-7,10-13H2;2,7-13H,1,3-6H2;2-7,11-12H,1,8-9H2;1H4;;/b9-8+;;;;;/t15-,16+,17+,18+,19-;7-,8-,9-,10+;11-;;;/m011.../s1. The summed E-state index contributed by atoms with van der Waals surface area (Å²) in [7, 11) is 36.3. The van der Waals surface area contributed by atoms with E-state index in [0.29, 0.717) is 58.5 Å². The molecule has 4 aliphatic rings. The Bertz CT molecular complexity index is 3030. The molecule has 0 radical (unpaired) electrons. The van der Waals surface area contributed by atoms with E-state index in [1.165, 1.54) is 46.6 Å². The van der Waals surface area contributed by atoms with Crippen LogP contribution in [0.3, 0.4) is 0 Å². The summed E-state index contributed by atoms with van der Waals surface area (Å²) in [6.45, 7) is 9.62. The van der Waals surface area contributed by atoms with Crippen molar-refractivity contribution in [3.63, 3.8) is 0 Å². The highest BCUT2D eigenvalue weighted by atomic mass is 33.5. The molecule has 2 aromatic carbocycles. The van der Waals surface area contributed by atoms with Gasteiger partial charge in [-0.2, -0.15) is 0 Å². The zero-order valence-electron chi connectivity index (χ0n) is 40.8. The summed E-state index contributed by atoms with van der Waals surface area (Å²) in [4.78, 5) is 0. The lowest BCUT2D eigenvalue weighted by atomic mass is 9.89. The van der Waals surface area contributed by atoms with Crippen LogP contribution >= 0.6 is 0 Å². The largest absolute Gasteiger partial charge is 0.393 e. The highest BCUT2D eigenvalue weighted by Crippen LogP contribution is 2.39. The monoisotopic (exact) mass is 1570 g/mol.